The third-order valence-electron chi connectivity index (χ3n) is 5.26. The lowest BCUT2D eigenvalue weighted by molar-refractivity contribution is -0.122. The average Bonchev–Trinajstić information content (AvgIpc) is 3.41. The number of nitrogens with zero attached hydrogens (tertiary/aromatic N) is 2. The highest BCUT2D eigenvalue weighted by molar-refractivity contribution is 7.10. The van der Waals surface area contributed by atoms with Crippen molar-refractivity contribution in [3.05, 3.63) is 52.5 Å². The maximum absolute atomic E-state index is 13.2. The Morgan fingerprint density at radius 3 is 2.54 bits per heavy atom. The van der Waals surface area contributed by atoms with Crippen molar-refractivity contribution in [2.24, 2.45) is 5.73 Å². The molecular weight excluding hydrogens is 394 g/mol. The quantitative estimate of drug-likeness (QED) is 0.577. The molecule has 6 nitrogen and oxygen atoms in total. The summed E-state index contributed by atoms with van der Waals surface area (Å²) in [6.45, 7) is 0.325. The van der Waals surface area contributed by atoms with E-state index in [1.54, 1.807) is 11.3 Å². The van der Waals surface area contributed by atoms with E-state index >= 15 is 0 Å². The first-order valence-corrected chi connectivity index (χ1v) is 10.2. The molecule has 1 saturated carbocycles. The molecule has 28 heavy (non-hydrogen) atoms. The fraction of sp³-hybridized carbons (Fsp3) is 0.350. The van der Waals surface area contributed by atoms with Gasteiger partial charge in [0, 0.05) is 16.1 Å². The van der Waals surface area contributed by atoms with Crippen molar-refractivity contribution in [1.29, 1.82) is 0 Å². The SMILES string of the molecule is Cl.NCc1nc(-c2ccc(NC(=O)C3(c4cccs4)CCCCC3)cc2)n[nH]1. The summed E-state index contributed by atoms with van der Waals surface area (Å²) in [4.78, 5) is 18.7. The average molecular weight is 418 g/mol. The van der Waals surface area contributed by atoms with E-state index in [1.165, 1.54) is 11.3 Å². The van der Waals surface area contributed by atoms with E-state index in [-0.39, 0.29) is 18.3 Å². The number of halogens is 1. The molecule has 0 aliphatic heterocycles. The molecule has 4 rings (SSSR count). The number of nitrogens with two attached hydrogens (primary N) is 1. The van der Waals surface area contributed by atoms with Gasteiger partial charge < -0.3 is 11.1 Å². The smallest absolute Gasteiger partial charge is 0.235 e. The number of nitrogens with one attached hydrogen (secondary N) is 2. The Bertz CT molecular complexity index is 901. The Kier molecular flexibility index (Phi) is 6.49. The van der Waals surface area contributed by atoms with Crippen molar-refractivity contribution in [1.82, 2.24) is 15.2 Å². The maximum Gasteiger partial charge on any atom is 0.235 e. The van der Waals surface area contributed by atoms with Gasteiger partial charge in [-0.15, -0.1) is 23.7 Å². The second-order valence-electron chi connectivity index (χ2n) is 6.96. The van der Waals surface area contributed by atoms with Crippen molar-refractivity contribution >= 4 is 35.3 Å². The largest absolute Gasteiger partial charge is 0.325 e. The fourth-order valence-electron chi connectivity index (χ4n) is 3.76. The summed E-state index contributed by atoms with van der Waals surface area (Å²) in [5, 5.41) is 12.2. The highest BCUT2D eigenvalue weighted by Gasteiger charge is 2.41. The number of anilines is 1. The van der Waals surface area contributed by atoms with Crippen LogP contribution in [0.15, 0.2) is 41.8 Å². The summed E-state index contributed by atoms with van der Waals surface area (Å²) in [6.07, 6.45) is 5.22. The second-order valence-corrected chi connectivity index (χ2v) is 7.91. The van der Waals surface area contributed by atoms with E-state index in [0.29, 0.717) is 18.2 Å². The number of hydrogen-bond donors (Lipinski definition) is 3. The van der Waals surface area contributed by atoms with Crippen molar-refractivity contribution in [2.45, 2.75) is 44.1 Å². The van der Waals surface area contributed by atoms with Crippen LogP contribution in [0.2, 0.25) is 0 Å². The first-order valence-electron chi connectivity index (χ1n) is 9.28. The lowest BCUT2D eigenvalue weighted by atomic mass is 9.72. The maximum atomic E-state index is 13.2. The number of thiophene rings is 1. The van der Waals surface area contributed by atoms with Gasteiger partial charge in [-0.2, -0.15) is 5.10 Å². The second kappa shape index (κ2) is 8.86. The Labute approximate surface area is 174 Å². The number of aromatic nitrogens is 3. The van der Waals surface area contributed by atoms with Gasteiger partial charge in [0.25, 0.3) is 0 Å². The molecule has 0 radical (unpaired) electrons. The Morgan fingerprint density at radius 1 is 1.18 bits per heavy atom. The highest BCUT2D eigenvalue weighted by atomic mass is 35.5. The first kappa shape index (κ1) is 20.5. The zero-order valence-corrected chi connectivity index (χ0v) is 17.1. The molecule has 8 heteroatoms. The van der Waals surface area contributed by atoms with Gasteiger partial charge in [0.05, 0.1) is 12.0 Å². The number of hydrogen-bond acceptors (Lipinski definition) is 5. The summed E-state index contributed by atoms with van der Waals surface area (Å²) in [5.41, 5.74) is 6.84. The third-order valence-corrected chi connectivity index (χ3v) is 6.33. The summed E-state index contributed by atoms with van der Waals surface area (Å²) >= 11 is 1.68. The van der Waals surface area contributed by atoms with Crippen molar-refractivity contribution in [2.75, 3.05) is 5.32 Å². The number of rotatable bonds is 5. The minimum atomic E-state index is -0.398. The molecule has 1 aliphatic rings. The molecule has 0 spiro atoms. The summed E-state index contributed by atoms with van der Waals surface area (Å²) in [5.74, 6) is 1.36. The lowest BCUT2D eigenvalue weighted by Gasteiger charge is -2.35. The van der Waals surface area contributed by atoms with Crippen LogP contribution in [-0.2, 0) is 16.8 Å². The predicted octanol–water partition coefficient (Wildman–Crippen LogP) is 4.25. The summed E-state index contributed by atoms with van der Waals surface area (Å²) in [7, 11) is 0. The van der Waals surface area contributed by atoms with Crippen LogP contribution in [0.25, 0.3) is 11.4 Å². The Balaban J connectivity index is 0.00000225. The van der Waals surface area contributed by atoms with Crippen LogP contribution in [0.1, 0.15) is 42.8 Å². The molecule has 1 fully saturated rings. The minimum Gasteiger partial charge on any atom is -0.325 e. The predicted molar refractivity (Wildman–Crippen MR) is 115 cm³/mol. The van der Waals surface area contributed by atoms with Crippen LogP contribution >= 0.6 is 23.7 Å². The molecule has 4 N–H and O–H groups in total. The summed E-state index contributed by atoms with van der Waals surface area (Å²) < 4.78 is 0. The Morgan fingerprint density at radius 2 is 1.93 bits per heavy atom. The monoisotopic (exact) mass is 417 g/mol. The molecule has 0 bridgehead atoms. The zero-order valence-electron chi connectivity index (χ0n) is 15.5. The number of amides is 1. The Hall–Kier alpha value is -2.22. The van der Waals surface area contributed by atoms with E-state index in [2.05, 4.69) is 31.9 Å². The van der Waals surface area contributed by atoms with Crippen LogP contribution in [0.5, 0.6) is 0 Å². The molecule has 148 valence electrons. The van der Waals surface area contributed by atoms with Crippen LogP contribution in [-0.4, -0.2) is 21.1 Å². The number of benzene rings is 1. The van der Waals surface area contributed by atoms with Gasteiger partial charge in [-0.3, -0.25) is 9.89 Å². The highest BCUT2D eigenvalue weighted by Crippen LogP contribution is 2.42. The minimum absolute atomic E-state index is 0. The molecule has 1 aliphatic carbocycles. The molecule has 0 atom stereocenters. The first-order chi connectivity index (χ1) is 13.2. The molecule has 1 amide bonds. The number of carbonyl (C=O) groups excluding carboxylic acids is 1. The van der Waals surface area contributed by atoms with Crippen LogP contribution in [0.3, 0.4) is 0 Å². The zero-order chi connectivity index (χ0) is 18.7. The number of carbonyl (C=O) groups is 1. The number of H-pyrrole nitrogens is 1. The molecular formula is C20H24ClN5OS. The van der Waals surface area contributed by atoms with E-state index in [0.717, 1.165) is 36.9 Å². The molecule has 1 aromatic carbocycles. The van der Waals surface area contributed by atoms with Crippen molar-refractivity contribution in [3.8, 4) is 11.4 Å². The van der Waals surface area contributed by atoms with Crippen molar-refractivity contribution in [3.63, 3.8) is 0 Å². The van der Waals surface area contributed by atoms with E-state index < -0.39 is 5.41 Å². The van der Waals surface area contributed by atoms with Gasteiger partial charge in [0.15, 0.2) is 5.82 Å². The molecule has 0 saturated heterocycles. The normalized spacial score (nSPS) is 15.6. The number of aromatic amines is 1. The molecule has 3 aromatic rings. The van der Waals surface area contributed by atoms with Gasteiger partial charge in [0.1, 0.15) is 5.82 Å². The third kappa shape index (κ3) is 3.97. The van der Waals surface area contributed by atoms with E-state index in [1.807, 2.05) is 30.3 Å². The fourth-order valence-corrected chi connectivity index (χ4v) is 4.74. The van der Waals surface area contributed by atoms with Gasteiger partial charge in [-0.05, 0) is 48.6 Å². The van der Waals surface area contributed by atoms with Crippen LogP contribution in [0.4, 0.5) is 5.69 Å². The van der Waals surface area contributed by atoms with Crippen LogP contribution in [0, 0.1) is 0 Å². The van der Waals surface area contributed by atoms with Gasteiger partial charge in [0.2, 0.25) is 5.91 Å². The molecule has 2 heterocycles. The topological polar surface area (TPSA) is 96.7 Å². The standard InChI is InChI=1S/C20H23N5OS.ClH/c21-13-17-23-18(25-24-17)14-6-8-15(9-7-14)22-19(26)20(10-2-1-3-11-20)16-5-4-12-27-16;/h4-9,12H,1-3,10-11,13,21H2,(H,22,26)(H,23,24,25);1H. The van der Waals surface area contributed by atoms with E-state index in [4.69, 9.17) is 5.73 Å². The summed E-state index contributed by atoms with van der Waals surface area (Å²) in [6, 6.07) is 11.8. The molecule has 0 unspecified atom stereocenters. The van der Waals surface area contributed by atoms with Gasteiger partial charge >= 0.3 is 0 Å². The molecule has 2 aromatic heterocycles. The lowest BCUT2D eigenvalue weighted by Crippen LogP contribution is -2.41. The van der Waals surface area contributed by atoms with Gasteiger partial charge in [-0.1, -0.05) is 25.3 Å². The van der Waals surface area contributed by atoms with Gasteiger partial charge in [-0.25, -0.2) is 4.98 Å². The van der Waals surface area contributed by atoms with Crippen LogP contribution < -0.4 is 11.1 Å². The van der Waals surface area contributed by atoms with Crippen molar-refractivity contribution < 1.29 is 4.79 Å². The van der Waals surface area contributed by atoms with E-state index in [9.17, 15) is 4.79 Å².